The van der Waals surface area contributed by atoms with E-state index in [-0.39, 0.29) is 11.8 Å². The van der Waals surface area contributed by atoms with Gasteiger partial charge in [0.2, 0.25) is 5.91 Å². The Morgan fingerprint density at radius 2 is 1.85 bits per heavy atom. The summed E-state index contributed by atoms with van der Waals surface area (Å²) < 4.78 is 0. The van der Waals surface area contributed by atoms with Gasteiger partial charge >= 0.3 is 0 Å². The van der Waals surface area contributed by atoms with Gasteiger partial charge in [0, 0.05) is 11.6 Å². The lowest BCUT2D eigenvalue weighted by Crippen LogP contribution is -2.47. The van der Waals surface area contributed by atoms with Gasteiger partial charge in [-0.3, -0.25) is 15.6 Å². The van der Waals surface area contributed by atoms with E-state index in [2.05, 4.69) is 42.1 Å². The lowest BCUT2D eigenvalue weighted by molar-refractivity contribution is -0.127. The molecule has 0 aliphatic heterocycles. The molecule has 1 aromatic carbocycles. The Morgan fingerprint density at radius 3 is 2.35 bits per heavy atom. The Hall–Kier alpha value is -1.62. The lowest BCUT2D eigenvalue weighted by Gasteiger charge is -2.24. The Labute approximate surface area is 125 Å². The number of nitrogens with one attached hydrogen (secondary N) is 3. The van der Waals surface area contributed by atoms with Crippen molar-refractivity contribution in [1.29, 1.82) is 0 Å². The largest absolute Gasteiger partial charge is 0.331 e. The Balaban J connectivity index is 1.77. The SMILES string of the molecule is CC(C)c1ccc(NC(=S)NNC(=O)C2CCC2)cc1. The second-order valence-corrected chi connectivity index (χ2v) is 5.88. The highest BCUT2D eigenvalue weighted by atomic mass is 32.1. The molecule has 4 nitrogen and oxygen atoms in total. The van der Waals surface area contributed by atoms with Gasteiger partial charge in [0.05, 0.1) is 0 Å². The highest BCUT2D eigenvalue weighted by molar-refractivity contribution is 7.80. The van der Waals surface area contributed by atoms with E-state index in [0.29, 0.717) is 11.0 Å². The van der Waals surface area contributed by atoms with Gasteiger partial charge < -0.3 is 5.32 Å². The minimum Gasteiger partial charge on any atom is -0.331 e. The van der Waals surface area contributed by atoms with Crippen LogP contribution in [0.2, 0.25) is 0 Å². The molecule has 2 rings (SSSR count). The number of carbonyl (C=O) groups excluding carboxylic acids is 1. The van der Waals surface area contributed by atoms with Gasteiger partial charge in [-0.05, 0) is 48.7 Å². The molecule has 1 aliphatic rings. The third-order valence-corrected chi connectivity index (χ3v) is 3.81. The van der Waals surface area contributed by atoms with Gasteiger partial charge in [-0.1, -0.05) is 32.4 Å². The first kappa shape index (κ1) is 14.8. The Morgan fingerprint density at radius 1 is 1.20 bits per heavy atom. The number of carbonyl (C=O) groups is 1. The average Bonchev–Trinajstić information content (AvgIpc) is 2.35. The summed E-state index contributed by atoms with van der Waals surface area (Å²) in [6.45, 7) is 4.31. The van der Waals surface area contributed by atoms with Crippen LogP contribution >= 0.6 is 12.2 Å². The van der Waals surface area contributed by atoms with Gasteiger partial charge in [-0.25, -0.2) is 0 Å². The van der Waals surface area contributed by atoms with Crippen LogP contribution in [0.4, 0.5) is 5.69 Å². The van der Waals surface area contributed by atoms with Crippen LogP contribution in [-0.4, -0.2) is 11.0 Å². The summed E-state index contributed by atoms with van der Waals surface area (Å²) >= 11 is 5.14. The van der Waals surface area contributed by atoms with E-state index in [1.807, 2.05) is 12.1 Å². The van der Waals surface area contributed by atoms with Gasteiger partial charge in [0.15, 0.2) is 5.11 Å². The minimum absolute atomic E-state index is 0.0237. The summed E-state index contributed by atoms with van der Waals surface area (Å²) in [4.78, 5) is 11.6. The van der Waals surface area contributed by atoms with E-state index in [0.717, 1.165) is 24.9 Å². The molecule has 1 amide bonds. The van der Waals surface area contributed by atoms with Gasteiger partial charge in [0.1, 0.15) is 0 Å². The van der Waals surface area contributed by atoms with Gasteiger partial charge in [-0.2, -0.15) is 0 Å². The van der Waals surface area contributed by atoms with E-state index in [9.17, 15) is 4.79 Å². The third kappa shape index (κ3) is 3.93. The summed E-state index contributed by atoms with van der Waals surface area (Å²) in [5, 5.41) is 3.44. The Kier molecular flexibility index (Phi) is 4.95. The lowest BCUT2D eigenvalue weighted by atomic mass is 9.85. The first-order valence-electron chi connectivity index (χ1n) is 7.03. The fourth-order valence-electron chi connectivity index (χ4n) is 2.00. The maximum absolute atomic E-state index is 11.6. The molecule has 0 aromatic heterocycles. The zero-order chi connectivity index (χ0) is 14.5. The van der Waals surface area contributed by atoms with E-state index in [1.165, 1.54) is 5.56 Å². The van der Waals surface area contributed by atoms with Crippen molar-refractivity contribution in [2.24, 2.45) is 5.92 Å². The van der Waals surface area contributed by atoms with Crippen LogP contribution in [0.25, 0.3) is 0 Å². The predicted molar refractivity (Wildman–Crippen MR) is 85.4 cm³/mol. The number of amides is 1. The van der Waals surface area contributed by atoms with Crippen molar-refractivity contribution in [2.75, 3.05) is 5.32 Å². The second-order valence-electron chi connectivity index (χ2n) is 5.47. The van der Waals surface area contributed by atoms with Crippen LogP contribution in [0.3, 0.4) is 0 Å². The van der Waals surface area contributed by atoms with Crippen LogP contribution < -0.4 is 16.2 Å². The average molecular weight is 291 g/mol. The Bertz CT molecular complexity index is 480. The molecule has 0 bridgehead atoms. The number of hydrogen-bond acceptors (Lipinski definition) is 2. The third-order valence-electron chi connectivity index (χ3n) is 3.61. The van der Waals surface area contributed by atoms with Crippen LogP contribution in [0, 0.1) is 5.92 Å². The van der Waals surface area contributed by atoms with Crippen molar-refractivity contribution in [3.05, 3.63) is 29.8 Å². The first-order valence-corrected chi connectivity index (χ1v) is 7.44. The van der Waals surface area contributed by atoms with Crippen LogP contribution in [0.1, 0.15) is 44.6 Å². The first-order chi connectivity index (χ1) is 9.56. The normalized spacial score (nSPS) is 14.6. The molecule has 5 heteroatoms. The smallest absolute Gasteiger partial charge is 0.241 e. The zero-order valence-corrected chi connectivity index (χ0v) is 12.7. The molecule has 20 heavy (non-hydrogen) atoms. The summed E-state index contributed by atoms with van der Waals surface area (Å²) in [6, 6.07) is 8.11. The molecule has 0 heterocycles. The second kappa shape index (κ2) is 6.70. The van der Waals surface area contributed by atoms with Gasteiger partial charge in [-0.15, -0.1) is 0 Å². The predicted octanol–water partition coefficient (Wildman–Crippen LogP) is 2.93. The monoisotopic (exact) mass is 291 g/mol. The zero-order valence-electron chi connectivity index (χ0n) is 11.9. The molecule has 3 N–H and O–H groups in total. The van der Waals surface area contributed by atoms with Crippen LogP contribution in [0.15, 0.2) is 24.3 Å². The summed E-state index contributed by atoms with van der Waals surface area (Å²) in [6.07, 6.45) is 3.09. The molecule has 0 saturated heterocycles. The fourth-order valence-corrected chi connectivity index (χ4v) is 2.17. The molecule has 0 spiro atoms. The van der Waals surface area contributed by atoms with Crippen LogP contribution in [0.5, 0.6) is 0 Å². The van der Waals surface area contributed by atoms with Crippen LogP contribution in [-0.2, 0) is 4.79 Å². The van der Waals surface area contributed by atoms with Crippen molar-refractivity contribution in [1.82, 2.24) is 10.9 Å². The number of anilines is 1. The number of benzene rings is 1. The van der Waals surface area contributed by atoms with E-state index in [1.54, 1.807) is 0 Å². The molecule has 1 aromatic rings. The molecule has 0 atom stereocenters. The number of thiocarbonyl (C=S) groups is 1. The highest BCUT2D eigenvalue weighted by Gasteiger charge is 2.24. The van der Waals surface area contributed by atoms with Crippen molar-refractivity contribution < 1.29 is 4.79 Å². The van der Waals surface area contributed by atoms with Crippen molar-refractivity contribution in [2.45, 2.75) is 39.0 Å². The maximum Gasteiger partial charge on any atom is 0.241 e. The van der Waals surface area contributed by atoms with Crippen molar-refractivity contribution in [3.8, 4) is 0 Å². The molecule has 1 aliphatic carbocycles. The topological polar surface area (TPSA) is 53.2 Å². The van der Waals surface area contributed by atoms with E-state index < -0.39 is 0 Å². The molecule has 108 valence electrons. The van der Waals surface area contributed by atoms with E-state index in [4.69, 9.17) is 12.2 Å². The summed E-state index contributed by atoms with van der Waals surface area (Å²) in [5.74, 6) is 0.682. The van der Waals surface area contributed by atoms with E-state index >= 15 is 0 Å². The highest BCUT2D eigenvalue weighted by Crippen LogP contribution is 2.25. The summed E-state index contributed by atoms with van der Waals surface area (Å²) in [7, 11) is 0. The minimum atomic E-state index is 0.0237. The molecular formula is C15H21N3OS. The molecule has 1 saturated carbocycles. The van der Waals surface area contributed by atoms with Crippen molar-refractivity contribution >= 4 is 28.9 Å². The number of hydrazine groups is 1. The number of hydrogen-bond donors (Lipinski definition) is 3. The quantitative estimate of drug-likeness (QED) is 0.592. The van der Waals surface area contributed by atoms with Gasteiger partial charge in [0.25, 0.3) is 0 Å². The number of rotatable bonds is 3. The molecule has 0 radical (unpaired) electrons. The standard InChI is InChI=1S/C15H21N3OS/c1-10(2)11-6-8-13(9-7-11)16-15(20)18-17-14(19)12-4-3-5-12/h6-10,12H,3-5H2,1-2H3,(H,17,19)(H2,16,18,20). The molecule has 1 fully saturated rings. The summed E-state index contributed by atoms with van der Waals surface area (Å²) in [5.41, 5.74) is 7.57. The molecule has 0 unspecified atom stereocenters. The van der Waals surface area contributed by atoms with Crippen molar-refractivity contribution in [3.63, 3.8) is 0 Å². The fraction of sp³-hybridized carbons (Fsp3) is 0.467. The molecular weight excluding hydrogens is 270 g/mol. The maximum atomic E-state index is 11.6.